The van der Waals surface area contributed by atoms with E-state index in [1.54, 1.807) is 39.8 Å². The summed E-state index contributed by atoms with van der Waals surface area (Å²) >= 11 is 13.8. The molecule has 37 heavy (non-hydrogen) atoms. The van der Waals surface area contributed by atoms with Gasteiger partial charge in [-0.15, -0.1) is 0 Å². The van der Waals surface area contributed by atoms with Crippen molar-refractivity contribution < 1.29 is 14.3 Å². The molecule has 1 aliphatic rings. The number of nitrogens with zero attached hydrogens (tertiary/aromatic N) is 3. The van der Waals surface area contributed by atoms with Crippen molar-refractivity contribution in [3.8, 4) is 11.5 Å². The number of halogens is 2. The number of carbonyl (C=O) groups excluding carboxylic acids is 1. The average Bonchev–Trinajstić information content (AvgIpc) is 3.18. The second-order valence-electron chi connectivity index (χ2n) is 8.35. The van der Waals surface area contributed by atoms with E-state index in [0.717, 1.165) is 5.56 Å². The van der Waals surface area contributed by atoms with Gasteiger partial charge in [-0.3, -0.25) is 14.2 Å². The summed E-state index contributed by atoms with van der Waals surface area (Å²) < 4.78 is 12.8. The van der Waals surface area contributed by atoms with Crippen molar-refractivity contribution in [3.63, 3.8) is 0 Å². The lowest BCUT2D eigenvalue weighted by atomic mass is 9.94. The summed E-state index contributed by atoms with van der Waals surface area (Å²) in [6, 6.07) is 10.0. The maximum absolute atomic E-state index is 13.8. The molecule has 194 valence electrons. The van der Waals surface area contributed by atoms with Crippen LogP contribution in [0, 0.1) is 0 Å². The van der Waals surface area contributed by atoms with Crippen molar-refractivity contribution in [1.29, 1.82) is 0 Å². The number of hydrogen-bond donors (Lipinski definition) is 0. The van der Waals surface area contributed by atoms with E-state index in [9.17, 15) is 9.59 Å². The number of likely N-dealkylation sites (N-methyl/N-ethyl adjacent to an activating group) is 1. The summed E-state index contributed by atoms with van der Waals surface area (Å²) in [4.78, 5) is 34.4. The second kappa shape index (κ2) is 11.1. The van der Waals surface area contributed by atoms with Crippen LogP contribution in [0.4, 0.5) is 0 Å². The quantitative estimate of drug-likeness (QED) is 0.429. The molecule has 0 fully saturated rings. The molecule has 0 radical (unpaired) electrons. The minimum absolute atomic E-state index is 0.146. The van der Waals surface area contributed by atoms with Crippen LogP contribution in [0.1, 0.15) is 37.9 Å². The molecule has 0 aliphatic carbocycles. The lowest BCUT2D eigenvalue weighted by molar-refractivity contribution is -0.127. The summed E-state index contributed by atoms with van der Waals surface area (Å²) in [5.74, 6) is 0.726. The van der Waals surface area contributed by atoms with E-state index in [-0.39, 0.29) is 11.5 Å². The highest BCUT2D eigenvalue weighted by Crippen LogP contribution is 2.36. The maximum Gasteiger partial charge on any atom is 0.271 e. The molecule has 1 aromatic heterocycles. The summed E-state index contributed by atoms with van der Waals surface area (Å²) in [5.41, 5.74) is 2.24. The Hall–Kier alpha value is -3.07. The Morgan fingerprint density at radius 2 is 1.81 bits per heavy atom. The predicted molar refractivity (Wildman–Crippen MR) is 148 cm³/mol. The molecule has 0 N–H and O–H groups in total. The minimum Gasteiger partial charge on any atom is -0.493 e. The first-order chi connectivity index (χ1) is 17.7. The van der Waals surface area contributed by atoms with E-state index in [2.05, 4.69) is 0 Å². The zero-order valence-electron chi connectivity index (χ0n) is 21.2. The van der Waals surface area contributed by atoms with Crippen LogP contribution in [0.2, 0.25) is 10.0 Å². The van der Waals surface area contributed by atoms with E-state index in [1.165, 1.54) is 25.6 Å². The van der Waals surface area contributed by atoms with Gasteiger partial charge in [-0.25, -0.2) is 4.99 Å². The number of fused-ring (bicyclic) bond motifs is 1. The molecule has 4 rings (SSSR count). The highest BCUT2D eigenvalue weighted by Gasteiger charge is 2.34. The van der Waals surface area contributed by atoms with Crippen molar-refractivity contribution >= 4 is 46.5 Å². The van der Waals surface area contributed by atoms with Crippen LogP contribution < -0.4 is 24.4 Å². The maximum atomic E-state index is 13.8. The summed E-state index contributed by atoms with van der Waals surface area (Å²) in [7, 11) is 3.03. The zero-order chi connectivity index (χ0) is 26.9. The Labute approximate surface area is 228 Å². The van der Waals surface area contributed by atoms with Crippen LogP contribution >= 0.6 is 34.5 Å². The first-order valence-electron chi connectivity index (χ1n) is 11.7. The third-order valence-corrected chi connectivity index (χ3v) is 7.76. The number of ether oxygens (including phenoxy) is 2. The van der Waals surface area contributed by atoms with Gasteiger partial charge in [0.15, 0.2) is 16.3 Å². The van der Waals surface area contributed by atoms with Gasteiger partial charge in [0, 0.05) is 18.1 Å². The molecule has 1 atom stereocenters. The number of methoxy groups -OCH3 is 2. The first-order valence-corrected chi connectivity index (χ1v) is 13.3. The third kappa shape index (κ3) is 5.06. The number of carbonyl (C=O) groups is 1. The molecule has 1 aliphatic heterocycles. The van der Waals surface area contributed by atoms with Gasteiger partial charge in [-0.2, -0.15) is 0 Å². The van der Waals surface area contributed by atoms with E-state index < -0.39 is 6.04 Å². The fourth-order valence-electron chi connectivity index (χ4n) is 4.41. The molecule has 2 heterocycles. The number of aromatic nitrogens is 1. The molecular formula is C27H27Cl2N3O4S. The van der Waals surface area contributed by atoms with Crippen molar-refractivity contribution in [2.24, 2.45) is 4.99 Å². The number of allylic oxidation sites excluding steroid dienone is 1. The minimum atomic E-state index is -0.641. The predicted octanol–water partition coefficient (Wildman–Crippen LogP) is 4.43. The Morgan fingerprint density at radius 1 is 1.14 bits per heavy atom. The Kier molecular flexibility index (Phi) is 8.11. The summed E-state index contributed by atoms with van der Waals surface area (Å²) in [6.07, 6.45) is 1.74. The summed E-state index contributed by atoms with van der Waals surface area (Å²) in [6.45, 7) is 6.76. The zero-order valence-corrected chi connectivity index (χ0v) is 23.5. The first kappa shape index (κ1) is 27.0. The standard InChI is InChI=1S/C27H27Cl2N3O4S/c1-6-31(7-2)26(34)22-15(3)30-27-32(23(22)17-8-10-18(28)11-9-17)25(33)21(37-27)14-16-12-19(29)24(36-5)20(13-16)35-4/h8-14,23H,6-7H2,1-5H3/b21-14+/t23-/m1/s1. The van der Waals surface area contributed by atoms with E-state index >= 15 is 0 Å². The average molecular weight is 561 g/mol. The Bertz CT molecular complexity index is 1550. The monoisotopic (exact) mass is 559 g/mol. The van der Waals surface area contributed by atoms with Crippen LogP contribution in [0.15, 0.2) is 57.5 Å². The molecule has 0 unspecified atom stereocenters. The molecule has 0 bridgehead atoms. The van der Waals surface area contributed by atoms with Gasteiger partial charge in [-0.05, 0) is 62.2 Å². The molecule has 2 aromatic carbocycles. The van der Waals surface area contributed by atoms with Gasteiger partial charge in [0.25, 0.3) is 11.5 Å². The SMILES string of the molecule is CCN(CC)C(=O)C1=C(C)N=c2s/c(=C/c3cc(Cl)c(OC)c(OC)c3)c(=O)n2[C@@H]1c1ccc(Cl)cc1. The fraction of sp³-hybridized carbons (Fsp3) is 0.296. The number of thiazole rings is 1. The van der Waals surface area contributed by atoms with Gasteiger partial charge >= 0.3 is 0 Å². The number of benzene rings is 2. The molecule has 0 saturated heterocycles. The van der Waals surface area contributed by atoms with E-state index in [0.29, 0.717) is 60.8 Å². The second-order valence-corrected chi connectivity index (χ2v) is 10.2. The van der Waals surface area contributed by atoms with E-state index in [1.807, 2.05) is 32.9 Å². The topological polar surface area (TPSA) is 73.1 Å². The van der Waals surface area contributed by atoms with Gasteiger partial charge in [-0.1, -0.05) is 46.7 Å². The normalized spacial score (nSPS) is 15.3. The highest BCUT2D eigenvalue weighted by molar-refractivity contribution is 7.07. The van der Waals surface area contributed by atoms with Crippen molar-refractivity contribution in [2.75, 3.05) is 27.3 Å². The molecular weight excluding hydrogens is 533 g/mol. The third-order valence-electron chi connectivity index (χ3n) is 6.24. The molecule has 10 heteroatoms. The van der Waals surface area contributed by atoms with Crippen molar-refractivity contribution in [2.45, 2.75) is 26.8 Å². The van der Waals surface area contributed by atoms with Crippen LogP contribution in [-0.2, 0) is 4.79 Å². The Balaban J connectivity index is 1.95. The number of rotatable bonds is 7. The van der Waals surface area contributed by atoms with Crippen molar-refractivity contribution in [3.05, 3.63) is 88.5 Å². The lowest BCUT2D eigenvalue weighted by Gasteiger charge is -2.29. The number of hydrogen-bond acceptors (Lipinski definition) is 6. The Morgan fingerprint density at radius 3 is 2.41 bits per heavy atom. The summed E-state index contributed by atoms with van der Waals surface area (Å²) in [5, 5.41) is 0.932. The van der Waals surface area contributed by atoms with E-state index in [4.69, 9.17) is 37.7 Å². The lowest BCUT2D eigenvalue weighted by Crippen LogP contribution is -2.43. The molecule has 0 saturated carbocycles. The van der Waals surface area contributed by atoms with Crippen LogP contribution in [-0.4, -0.2) is 42.7 Å². The fourth-order valence-corrected chi connectivity index (χ4v) is 5.88. The van der Waals surface area contributed by atoms with Crippen LogP contribution in [0.3, 0.4) is 0 Å². The highest BCUT2D eigenvalue weighted by atomic mass is 35.5. The molecule has 7 nitrogen and oxygen atoms in total. The molecule has 1 amide bonds. The molecule has 0 spiro atoms. The van der Waals surface area contributed by atoms with Crippen molar-refractivity contribution in [1.82, 2.24) is 9.47 Å². The molecule has 3 aromatic rings. The van der Waals surface area contributed by atoms with Gasteiger partial charge < -0.3 is 14.4 Å². The number of amides is 1. The van der Waals surface area contributed by atoms with Crippen LogP contribution in [0.5, 0.6) is 11.5 Å². The largest absolute Gasteiger partial charge is 0.493 e. The smallest absolute Gasteiger partial charge is 0.271 e. The van der Waals surface area contributed by atoms with Crippen LogP contribution in [0.25, 0.3) is 6.08 Å². The van der Waals surface area contributed by atoms with Gasteiger partial charge in [0.2, 0.25) is 0 Å². The van der Waals surface area contributed by atoms with Gasteiger partial charge in [0.1, 0.15) is 0 Å². The van der Waals surface area contributed by atoms with Gasteiger partial charge in [0.05, 0.1) is 41.1 Å².